The molecule has 0 spiro atoms. The van der Waals surface area contributed by atoms with Crippen molar-refractivity contribution in [1.29, 1.82) is 0 Å². The van der Waals surface area contributed by atoms with Crippen molar-refractivity contribution in [2.24, 2.45) is 5.92 Å². The fourth-order valence-electron chi connectivity index (χ4n) is 3.55. The van der Waals surface area contributed by atoms with Gasteiger partial charge in [-0.25, -0.2) is 8.42 Å². The van der Waals surface area contributed by atoms with Crippen LogP contribution in [0.3, 0.4) is 0 Å². The Morgan fingerprint density at radius 1 is 1.12 bits per heavy atom. The molecule has 0 aliphatic carbocycles. The first-order chi connectivity index (χ1) is 11.9. The van der Waals surface area contributed by atoms with E-state index < -0.39 is 10.0 Å². The largest absolute Gasteiger partial charge is 0.314 e. The van der Waals surface area contributed by atoms with E-state index in [1.165, 1.54) is 0 Å². The van der Waals surface area contributed by atoms with Gasteiger partial charge in [0.15, 0.2) is 5.78 Å². The highest BCUT2D eigenvalue weighted by Gasteiger charge is 2.35. The van der Waals surface area contributed by atoms with Gasteiger partial charge in [-0.3, -0.25) is 9.69 Å². The first kappa shape index (κ1) is 18.5. The molecule has 0 aromatic heterocycles. The van der Waals surface area contributed by atoms with E-state index in [1.54, 1.807) is 28.6 Å². The minimum absolute atomic E-state index is 0.0314. The van der Waals surface area contributed by atoms with Crippen LogP contribution in [0.1, 0.15) is 30.6 Å². The maximum atomic E-state index is 12.9. The molecule has 138 valence electrons. The van der Waals surface area contributed by atoms with Gasteiger partial charge >= 0.3 is 0 Å². The Morgan fingerprint density at radius 2 is 1.76 bits per heavy atom. The van der Waals surface area contributed by atoms with Gasteiger partial charge in [0.05, 0.1) is 4.90 Å². The summed E-state index contributed by atoms with van der Waals surface area (Å²) in [6, 6.07) is 6.67. The molecular formula is C18H27N3O3S. The SMILES string of the molecule is CC(C)C(=O)c1ccc(S(=O)(=O)N2CCC(N3CCNCC3)C2)cc1. The standard InChI is InChI=1S/C18H27N3O3S/c1-14(2)18(22)15-3-5-17(6-4-15)25(23,24)21-10-7-16(13-21)20-11-8-19-9-12-20/h3-6,14,16,19H,7-13H2,1-2H3. The van der Waals surface area contributed by atoms with Gasteiger partial charge in [0.2, 0.25) is 10.0 Å². The van der Waals surface area contributed by atoms with E-state index in [0.29, 0.717) is 24.7 Å². The van der Waals surface area contributed by atoms with Crippen molar-refractivity contribution in [1.82, 2.24) is 14.5 Å². The molecule has 1 unspecified atom stereocenters. The number of hydrogen-bond donors (Lipinski definition) is 1. The fourth-order valence-corrected chi connectivity index (χ4v) is 5.04. The number of piperazine rings is 1. The zero-order valence-corrected chi connectivity index (χ0v) is 15.8. The first-order valence-corrected chi connectivity index (χ1v) is 10.4. The molecule has 1 N–H and O–H groups in total. The average molecular weight is 365 g/mol. The number of sulfonamides is 1. The summed E-state index contributed by atoms with van der Waals surface area (Å²) in [4.78, 5) is 14.7. The molecule has 25 heavy (non-hydrogen) atoms. The molecule has 2 aliphatic rings. The van der Waals surface area contributed by atoms with Gasteiger partial charge in [0.1, 0.15) is 0 Å². The molecule has 1 aromatic carbocycles. The minimum Gasteiger partial charge on any atom is -0.314 e. The number of nitrogens with zero attached hydrogens (tertiary/aromatic N) is 2. The number of nitrogens with one attached hydrogen (secondary N) is 1. The summed E-state index contributed by atoms with van der Waals surface area (Å²) >= 11 is 0. The predicted octanol–water partition coefficient (Wildman–Crippen LogP) is 1.19. The average Bonchev–Trinajstić information content (AvgIpc) is 3.13. The molecule has 2 heterocycles. The Labute approximate surface area is 150 Å². The van der Waals surface area contributed by atoms with Gasteiger partial charge < -0.3 is 5.32 Å². The second-order valence-corrected chi connectivity index (χ2v) is 9.07. The van der Waals surface area contributed by atoms with Crippen LogP contribution < -0.4 is 5.32 Å². The Balaban J connectivity index is 1.70. The van der Waals surface area contributed by atoms with Crippen molar-refractivity contribution in [3.8, 4) is 0 Å². The van der Waals surface area contributed by atoms with Crippen molar-refractivity contribution in [3.63, 3.8) is 0 Å². The van der Waals surface area contributed by atoms with E-state index in [0.717, 1.165) is 32.6 Å². The molecule has 0 amide bonds. The molecule has 0 radical (unpaired) electrons. The number of hydrogen-bond acceptors (Lipinski definition) is 5. The summed E-state index contributed by atoms with van der Waals surface area (Å²) < 4.78 is 27.4. The van der Waals surface area contributed by atoms with Crippen LogP contribution in [0.4, 0.5) is 0 Å². The number of ketones is 1. The Hall–Kier alpha value is -1.28. The molecule has 3 rings (SSSR count). The third kappa shape index (κ3) is 3.95. The maximum absolute atomic E-state index is 12.9. The molecule has 6 nitrogen and oxygen atoms in total. The Kier molecular flexibility index (Phi) is 5.58. The van der Waals surface area contributed by atoms with Crippen LogP contribution in [-0.2, 0) is 10.0 Å². The lowest BCUT2D eigenvalue weighted by Crippen LogP contribution is -2.49. The number of carbonyl (C=O) groups is 1. The predicted molar refractivity (Wildman–Crippen MR) is 97.2 cm³/mol. The lowest BCUT2D eigenvalue weighted by molar-refractivity contribution is 0.0939. The minimum atomic E-state index is -3.49. The highest BCUT2D eigenvalue weighted by Crippen LogP contribution is 2.24. The Bertz CT molecular complexity index is 710. The van der Waals surface area contributed by atoms with Crippen LogP contribution in [0, 0.1) is 5.92 Å². The number of rotatable bonds is 5. The summed E-state index contributed by atoms with van der Waals surface area (Å²) in [5.41, 5.74) is 0.564. The van der Waals surface area contributed by atoms with Crippen molar-refractivity contribution >= 4 is 15.8 Å². The van der Waals surface area contributed by atoms with Crippen LogP contribution in [0.25, 0.3) is 0 Å². The fraction of sp³-hybridized carbons (Fsp3) is 0.611. The van der Waals surface area contributed by atoms with Gasteiger partial charge in [-0.05, 0) is 18.6 Å². The van der Waals surface area contributed by atoms with Gasteiger partial charge in [0, 0.05) is 56.8 Å². The molecule has 1 aromatic rings. The summed E-state index contributed by atoms with van der Waals surface area (Å²) in [7, 11) is -3.49. The molecule has 0 saturated carbocycles. The van der Waals surface area contributed by atoms with E-state index in [9.17, 15) is 13.2 Å². The first-order valence-electron chi connectivity index (χ1n) is 8.99. The van der Waals surface area contributed by atoms with E-state index in [-0.39, 0.29) is 16.6 Å². The Morgan fingerprint density at radius 3 is 2.36 bits per heavy atom. The lowest BCUT2D eigenvalue weighted by atomic mass is 10.0. The third-order valence-electron chi connectivity index (χ3n) is 5.10. The number of carbonyl (C=O) groups excluding carboxylic acids is 1. The van der Waals surface area contributed by atoms with Crippen LogP contribution in [0.15, 0.2) is 29.2 Å². The molecular weight excluding hydrogens is 338 g/mol. The van der Waals surface area contributed by atoms with E-state index >= 15 is 0 Å². The molecule has 7 heteroatoms. The van der Waals surface area contributed by atoms with Crippen LogP contribution in [0.5, 0.6) is 0 Å². The summed E-state index contributed by atoms with van der Waals surface area (Å²) in [6.45, 7) is 8.68. The molecule has 0 bridgehead atoms. The zero-order valence-electron chi connectivity index (χ0n) is 14.9. The monoisotopic (exact) mass is 365 g/mol. The van der Waals surface area contributed by atoms with Crippen molar-refractivity contribution < 1.29 is 13.2 Å². The van der Waals surface area contributed by atoms with Gasteiger partial charge in [0.25, 0.3) is 0 Å². The third-order valence-corrected chi connectivity index (χ3v) is 6.97. The van der Waals surface area contributed by atoms with E-state index in [1.807, 2.05) is 13.8 Å². The normalized spacial score (nSPS) is 23.2. The molecule has 2 fully saturated rings. The van der Waals surface area contributed by atoms with Gasteiger partial charge in [-0.15, -0.1) is 0 Å². The quantitative estimate of drug-likeness (QED) is 0.794. The molecule has 2 saturated heterocycles. The van der Waals surface area contributed by atoms with Crippen molar-refractivity contribution in [3.05, 3.63) is 29.8 Å². The second-order valence-electron chi connectivity index (χ2n) is 7.13. The summed E-state index contributed by atoms with van der Waals surface area (Å²) in [5.74, 6) is -0.0651. The van der Waals surface area contributed by atoms with Crippen molar-refractivity contribution in [2.75, 3.05) is 39.3 Å². The molecule has 1 atom stereocenters. The highest BCUT2D eigenvalue weighted by atomic mass is 32.2. The van der Waals surface area contributed by atoms with Crippen LogP contribution in [-0.4, -0.2) is 68.7 Å². The zero-order chi connectivity index (χ0) is 18.0. The van der Waals surface area contributed by atoms with Crippen LogP contribution in [0.2, 0.25) is 0 Å². The second kappa shape index (κ2) is 7.53. The number of benzene rings is 1. The smallest absolute Gasteiger partial charge is 0.243 e. The van der Waals surface area contributed by atoms with E-state index in [4.69, 9.17) is 0 Å². The van der Waals surface area contributed by atoms with Crippen LogP contribution >= 0.6 is 0 Å². The summed E-state index contributed by atoms with van der Waals surface area (Å²) in [6.07, 6.45) is 0.878. The molecule has 2 aliphatic heterocycles. The summed E-state index contributed by atoms with van der Waals surface area (Å²) in [5, 5.41) is 3.33. The number of Topliss-reactive ketones (excluding diaryl/α,β-unsaturated/α-hetero) is 1. The van der Waals surface area contributed by atoms with Gasteiger partial charge in [-0.2, -0.15) is 4.31 Å². The van der Waals surface area contributed by atoms with Gasteiger partial charge in [-0.1, -0.05) is 26.0 Å². The van der Waals surface area contributed by atoms with E-state index in [2.05, 4.69) is 10.2 Å². The highest BCUT2D eigenvalue weighted by molar-refractivity contribution is 7.89. The maximum Gasteiger partial charge on any atom is 0.243 e. The lowest BCUT2D eigenvalue weighted by Gasteiger charge is -2.32. The topological polar surface area (TPSA) is 69.7 Å². The van der Waals surface area contributed by atoms with Crippen molar-refractivity contribution in [2.45, 2.75) is 31.2 Å².